The Balaban J connectivity index is 2.41. The summed E-state index contributed by atoms with van der Waals surface area (Å²) in [6.07, 6.45) is 5.92. The Hall–Kier alpha value is -0.780. The number of aliphatic hydroxyl groups excluding tert-OH is 1. The van der Waals surface area contributed by atoms with Gasteiger partial charge in [0.2, 0.25) is 5.91 Å². The first-order chi connectivity index (χ1) is 8.26. The van der Waals surface area contributed by atoms with Crippen molar-refractivity contribution in [3.8, 4) is 0 Å². The number of thioether (sulfide) groups is 1. The average Bonchev–Trinajstić information content (AvgIpc) is 2.80. The zero-order valence-corrected chi connectivity index (χ0v) is 11.4. The van der Waals surface area contributed by atoms with Crippen LogP contribution in [-0.4, -0.2) is 35.7 Å². The minimum Gasteiger partial charge on any atom is -0.396 e. The van der Waals surface area contributed by atoms with Crippen LogP contribution >= 0.6 is 23.1 Å². The van der Waals surface area contributed by atoms with Gasteiger partial charge < -0.3 is 10.4 Å². The lowest BCUT2D eigenvalue weighted by Crippen LogP contribution is -2.36. The lowest BCUT2D eigenvalue weighted by Gasteiger charge is -2.15. The van der Waals surface area contributed by atoms with Crippen molar-refractivity contribution < 1.29 is 9.90 Å². The lowest BCUT2D eigenvalue weighted by atomic mass is 10.2. The fourth-order valence-electron chi connectivity index (χ4n) is 1.35. The standard InChI is InChI=1S/C12H17NO2S2/c1-16-9-10(6-7-14)13-12(15)5-4-11-3-2-8-17-11/h2-5,8,10,14H,6-7,9H2,1H3,(H,13,15)/b5-4+. The topological polar surface area (TPSA) is 49.3 Å². The predicted molar refractivity (Wildman–Crippen MR) is 75.4 cm³/mol. The minimum absolute atomic E-state index is 0.0375. The third-order valence-corrected chi connectivity index (χ3v) is 3.71. The van der Waals surface area contributed by atoms with Crippen LogP contribution in [0.15, 0.2) is 23.6 Å². The molecule has 0 saturated carbocycles. The van der Waals surface area contributed by atoms with Crippen molar-refractivity contribution >= 4 is 35.1 Å². The smallest absolute Gasteiger partial charge is 0.244 e. The Labute approximate surface area is 110 Å². The molecule has 0 fully saturated rings. The summed E-state index contributed by atoms with van der Waals surface area (Å²) < 4.78 is 0. The molecule has 0 aromatic carbocycles. The van der Waals surface area contributed by atoms with Crippen molar-refractivity contribution in [3.05, 3.63) is 28.5 Å². The largest absolute Gasteiger partial charge is 0.396 e. The molecular formula is C12H17NO2S2. The van der Waals surface area contributed by atoms with E-state index in [-0.39, 0.29) is 18.6 Å². The second-order valence-electron chi connectivity index (χ2n) is 3.52. The Morgan fingerprint density at radius 2 is 2.53 bits per heavy atom. The molecule has 1 unspecified atom stereocenters. The van der Waals surface area contributed by atoms with E-state index in [2.05, 4.69) is 5.32 Å². The van der Waals surface area contributed by atoms with Gasteiger partial charge in [0, 0.05) is 29.4 Å². The van der Waals surface area contributed by atoms with Crippen molar-refractivity contribution in [2.45, 2.75) is 12.5 Å². The molecule has 0 aliphatic heterocycles. The van der Waals surface area contributed by atoms with Gasteiger partial charge in [-0.05, 0) is 30.2 Å². The van der Waals surface area contributed by atoms with E-state index in [0.29, 0.717) is 6.42 Å². The van der Waals surface area contributed by atoms with Gasteiger partial charge in [-0.25, -0.2) is 0 Å². The predicted octanol–water partition coefficient (Wildman–Crippen LogP) is 1.99. The summed E-state index contributed by atoms with van der Waals surface area (Å²) in [5, 5.41) is 13.7. The number of hydrogen-bond acceptors (Lipinski definition) is 4. The maximum atomic E-state index is 11.6. The Kier molecular flexibility index (Phi) is 7.00. The number of nitrogens with one attached hydrogen (secondary N) is 1. The van der Waals surface area contributed by atoms with Gasteiger partial charge in [0.05, 0.1) is 0 Å². The van der Waals surface area contributed by atoms with Crippen LogP contribution in [0.2, 0.25) is 0 Å². The van der Waals surface area contributed by atoms with Crippen LogP contribution in [0, 0.1) is 0 Å². The van der Waals surface area contributed by atoms with Gasteiger partial charge in [0.25, 0.3) is 0 Å². The number of amides is 1. The number of aliphatic hydroxyl groups is 1. The molecule has 0 saturated heterocycles. The van der Waals surface area contributed by atoms with Crippen molar-refractivity contribution in [3.63, 3.8) is 0 Å². The molecule has 1 heterocycles. The van der Waals surface area contributed by atoms with Gasteiger partial charge in [0.1, 0.15) is 0 Å². The first-order valence-corrected chi connectivity index (χ1v) is 7.65. The monoisotopic (exact) mass is 271 g/mol. The number of carbonyl (C=O) groups is 1. The highest BCUT2D eigenvalue weighted by Gasteiger charge is 2.08. The molecule has 1 rings (SSSR count). The van der Waals surface area contributed by atoms with E-state index < -0.39 is 0 Å². The first-order valence-electron chi connectivity index (χ1n) is 5.38. The van der Waals surface area contributed by atoms with Crippen LogP contribution in [0.1, 0.15) is 11.3 Å². The summed E-state index contributed by atoms with van der Waals surface area (Å²) in [6, 6.07) is 3.95. The SMILES string of the molecule is CSCC(CCO)NC(=O)/C=C/c1cccs1. The second kappa shape index (κ2) is 8.33. The summed E-state index contributed by atoms with van der Waals surface area (Å²) in [7, 11) is 0. The minimum atomic E-state index is -0.106. The summed E-state index contributed by atoms with van der Waals surface area (Å²) in [6.45, 7) is 0.0974. The molecule has 0 bridgehead atoms. The lowest BCUT2D eigenvalue weighted by molar-refractivity contribution is -0.117. The van der Waals surface area contributed by atoms with Gasteiger partial charge in [-0.2, -0.15) is 11.8 Å². The number of rotatable bonds is 7. The average molecular weight is 271 g/mol. The van der Waals surface area contributed by atoms with Crippen LogP contribution in [0.5, 0.6) is 0 Å². The molecule has 1 aromatic rings. The normalized spacial score (nSPS) is 12.8. The van der Waals surface area contributed by atoms with Gasteiger partial charge >= 0.3 is 0 Å². The van der Waals surface area contributed by atoms with E-state index in [0.717, 1.165) is 10.6 Å². The van der Waals surface area contributed by atoms with Gasteiger partial charge in [-0.15, -0.1) is 11.3 Å². The van der Waals surface area contributed by atoms with E-state index in [9.17, 15) is 4.79 Å². The number of thiophene rings is 1. The Morgan fingerprint density at radius 3 is 3.12 bits per heavy atom. The highest BCUT2D eigenvalue weighted by atomic mass is 32.2. The summed E-state index contributed by atoms with van der Waals surface area (Å²) in [4.78, 5) is 12.7. The zero-order chi connectivity index (χ0) is 12.5. The molecule has 0 aliphatic rings. The van der Waals surface area contributed by atoms with Crippen LogP contribution < -0.4 is 5.32 Å². The summed E-state index contributed by atoms with van der Waals surface area (Å²) in [5.74, 6) is 0.713. The molecule has 0 aliphatic carbocycles. The van der Waals surface area contributed by atoms with Crippen LogP contribution in [0.4, 0.5) is 0 Å². The van der Waals surface area contributed by atoms with Crippen molar-refractivity contribution in [1.29, 1.82) is 0 Å². The first kappa shape index (κ1) is 14.3. The highest BCUT2D eigenvalue weighted by Crippen LogP contribution is 2.10. The molecule has 0 spiro atoms. The number of carbonyl (C=O) groups excluding carboxylic acids is 1. The van der Waals surface area contributed by atoms with Crippen molar-refractivity contribution in [2.24, 2.45) is 0 Å². The van der Waals surface area contributed by atoms with E-state index in [1.54, 1.807) is 29.2 Å². The molecule has 94 valence electrons. The Morgan fingerprint density at radius 1 is 1.71 bits per heavy atom. The third-order valence-electron chi connectivity index (χ3n) is 2.13. The van der Waals surface area contributed by atoms with Gasteiger partial charge in [-0.3, -0.25) is 4.79 Å². The molecule has 1 amide bonds. The van der Waals surface area contributed by atoms with E-state index in [4.69, 9.17) is 5.11 Å². The van der Waals surface area contributed by atoms with E-state index in [1.165, 1.54) is 6.08 Å². The zero-order valence-electron chi connectivity index (χ0n) is 9.76. The van der Waals surface area contributed by atoms with E-state index >= 15 is 0 Å². The molecule has 1 aromatic heterocycles. The van der Waals surface area contributed by atoms with Gasteiger partial charge in [0.15, 0.2) is 0 Å². The quantitative estimate of drug-likeness (QED) is 0.746. The van der Waals surface area contributed by atoms with Crippen LogP contribution in [-0.2, 0) is 4.79 Å². The fraction of sp³-hybridized carbons (Fsp3) is 0.417. The van der Waals surface area contributed by atoms with Gasteiger partial charge in [-0.1, -0.05) is 6.07 Å². The molecule has 5 heteroatoms. The van der Waals surface area contributed by atoms with Crippen LogP contribution in [0.25, 0.3) is 6.08 Å². The highest BCUT2D eigenvalue weighted by molar-refractivity contribution is 7.98. The maximum Gasteiger partial charge on any atom is 0.244 e. The second-order valence-corrected chi connectivity index (χ2v) is 5.41. The van der Waals surface area contributed by atoms with Crippen molar-refractivity contribution in [1.82, 2.24) is 5.32 Å². The molecule has 17 heavy (non-hydrogen) atoms. The van der Waals surface area contributed by atoms with Crippen LogP contribution in [0.3, 0.4) is 0 Å². The molecule has 3 nitrogen and oxygen atoms in total. The molecular weight excluding hydrogens is 254 g/mol. The molecule has 1 atom stereocenters. The molecule has 2 N–H and O–H groups in total. The fourth-order valence-corrected chi connectivity index (χ4v) is 2.62. The Bertz CT molecular complexity index is 343. The third kappa shape index (κ3) is 5.91. The summed E-state index contributed by atoms with van der Waals surface area (Å²) >= 11 is 3.25. The maximum absolute atomic E-state index is 11.6. The van der Waals surface area contributed by atoms with Crippen molar-refractivity contribution in [2.75, 3.05) is 18.6 Å². The van der Waals surface area contributed by atoms with E-state index in [1.807, 2.05) is 23.8 Å². The molecule has 0 radical (unpaired) electrons. The number of hydrogen-bond donors (Lipinski definition) is 2. The summed E-state index contributed by atoms with van der Waals surface area (Å²) in [5.41, 5.74) is 0.